The molecule has 0 aliphatic heterocycles. The minimum Gasteiger partial charge on any atom is -0.468 e. The molecule has 0 amide bonds. The van der Waals surface area contributed by atoms with Crippen molar-refractivity contribution in [3.63, 3.8) is 0 Å². The van der Waals surface area contributed by atoms with Gasteiger partial charge in [-0.25, -0.2) is 0 Å². The summed E-state index contributed by atoms with van der Waals surface area (Å²) in [6, 6.07) is 1.99. The van der Waals surface area contributed by atoms with E-state index in [2.05, 4.69) is 19.2 Å². The van der Waals surface area contributed by atoms with E-state index in [1.54, 1.807) is 18.0 Å². The Hall–Kier alpha value is -0.450. The molecule has 0 bridgehead atoms. The first-order valence-corrected chi connectivity index (χ1v) is 6.62. The van der Waals surface area contributed by atoms with Gasteiger partial charge < -0.3 is 14.8 Å². The highest BCUT2D eigenvalue weighted by molar-refractivity contribution is 7.99. The third-order valence-electron chi connectivity index (χ3n) is 2.68. The van der Waals surface area contributed by atoms with Crippen LogP contribution in [0.5, 0.6) is 0 Å². The van der Waals surface area contributed by atoms with Crippen LogP contribution in [0.3, 0.4) is 0 Å². The summed E-state index contributed by atoms with van der Waals surface area (Å²) < 4.78 is 5.24. The largest absolute Gasteiger partial charge is 0.468 e. The van der Waals surface area contributed by atoms with Crippen LogP contribution < -0.4 is 5.32 Å². The Balaban J connectivity index is 2.36. The van der Waals surface area contributed by atoms with Gasteiger partial charge in [0.05, 0.1) is 12.9 Å². The summed E-state index contributed by atoms with van der Waals surface area (Å²) in [5, 5.41) is 12.7. The number of hydrogen-bond acceptors (Lipinski definition) is 4. The second-order valence-electron chi connectivity index (χ2n) is 4.19. The van der Waals surface area contributed by atoms with E-state index in [1.807, 2.05) is 13.0 Å². The molecule has 1 atom stereocenters. The van der Waals surface area contributed by atoms with Gasteiger partial charge in [-0.2, -0.15) is 0 Å². The Kier molecular flexibility index (Phi) is 5.38. The summed E-state index contributed by atoms with van der Waals surface area (Å²) in [7, 11) is 0. The monoisotopic (exact) mass is 243 g/mol. The molecular weight excluding hydrogens is 222 g/mol. The van der Waals surface area contributed by atoms with Crippen LogP contribution >= 0.6 is 11.8 Å². The lowest BCUT2D eigenvalue weighted by molar-refractivity contribution is 0.173. The van der Waals surface area contributed by atoms with E-state index in [1.165, 1.54) is 4.90 Å². The van der Waals surface area contributed by atoms with Crippen molar-refractivity contribution >= 4 is 11.8 Å². The van der Waals surface area contributed by atoms with Gasteiger partial charge in [-0.3, -0.25) is 0 Å². The minimum absolute atomic E-state index is 0.167. The molecule has 1 unspecified atom stereocenters. The third-order valence-corrected chi connectivity index (χ3v) is 3.82. The third kappa shape index (κ3) is 3.85. The standard InChI is InChI=1S/C12H21NO2S/c1-4-13-12(3,9-14)6-8-16-11-5-7-15-10(11)2/h5,7,13-14H,4,6,8-9H2,1-3H3. The quantitative estimate of drug-likeness (QED) is 0.722. The smallest absolute Gasteiger partial charge is 0.114 e. The van der Waals surface area contributed by atoms with Crippen LogP contribution in [0.25, 0.3) is 0 Å². The molecule has 0 radical (unpaired) electrons. The second kappa shape index (κ2) is 6.33. The van der Waals surface area contributed by atoms with E-state index in [9.17, 15) is 5.11 Å². The first-order chi connectivity index (χ1) is 7.61. The Labute approximate surface area is 102 Å². The maximum absolute atomic E-state index is 9.34. The molecule has 0 spiro atoms. The summed E-state index contributed by atoms with van der Waals surface area (Å²) in [5.41, 5.74) is -0.167. The van der Waals surface area contributed by atoms with Gasteiger partial charge in [-0.05, 0) is 38.6 Å². The first kappa shape index (κ1) is 13.6. The van der Waals surface area contributed by atoms with Crippen molar-refractivity contribution in [3.8, 4) is 0 Å². The number of aryl methyl sites for hydroxylation is 1. The molecule has 1 aromatic heterocycles. The second-order valence-corrected chi connectivity index (χ2v) is 5.33. The fourth-order valence-corrected chi connectivity index (χ4v) is 2.74. The summed E-state index contributed by atoms with van der Waals surface area (Å²) >= 11 is 1.78. The normalized spacial score (nSPS) is 15.0. The zero-order chi connectivity index (χ0) is 12.0. The fraction of sp³-hybridized carbons (Fsp3) is 0.667. The van der Waals surface area contributed by atoms with Gasteiger partial charge in [0, 0.05) is 10.4 Å². The first-order valence-electron chi connectivity index (χ1n) is 5.64. The zero-order valence-corrected chi connectivity index (χ0v) is 11.1. The Morgan fingerprint density at radius 3 is 2.81 bits per heavy atom. The van der Waals surface area contributed by atoms with Gasteiger partial charge in [0.15, 0.2) is 0 Å². The van der Waals surface area contributed by atoms with Gasteiger partial charge in [0.25, 0.3) is 0 Å². The van der Waals surface area contributed by atoms with E-state index in [0.29, 0.717) is 0 Å². The molecule has 0 fully saturated rings. The molecule has 0 aliphatic carbocycles. The molecule has 0 aromatic carbocycles. The van der Waals surface area contributed by atoms with Crippen LogP contribution in [0.4, 0.5) is 0 Å². The average Bonchev–Trinajstić information content (AvgIpc) is 2.65. The molecule has 1 rings (SSSR count). The maximum Gasteiger partial charge on any atom is 0.114 e. The number of thioether (sulfide) groups is 1. The Morgan fingerprint density at radius 2 is 2.31 bits per heavy atom. The van der Waals surface area contributed by atoms with Crippen LogP contribution in [-0.2, 0) is 0 Å². The minimum atomic E-state index is -0.167. The van der Waals surface area contributed by atoms with E-state index in [4.69, 9.17) is 4.42 Å². The number of hydrogen-bond donors (Lipinski definition) is 2. The van der Waals surface area contributed by atoms with E-state index in [0.717, 1.165) is 24.5 Å². The van der Waals surface area contributed by atoms with Crippen molar-refractivity contribution in [1.29, 1.82) is 0 Å². The highest BCUT2D eigenvalue weighted by atomic mass is 32.2. The number of likely N-dealkylation sites (N-methyl/N-ethyl adjacent to an activating group) is 1. The van der Waals surface area contributed by atoms with Crippen molar-refractivity contribution in [1.82, 2.24) is 5.32 Å². The lowest BCUT2D eigenvalue weighted by Crippen LogP contribution is -2.46. The number of rotatable bonds is 7. The molecule has 1 heterocycles. The lowest BCUT2D eigenvalue weighted by Gasteiger charge is -2.28. The molecule has 0 aliphatic rings. The van der Waals surface area contributed by atoms with Crippen molar-refractivity contribution in [2.75, 3.05) is 18.9 Å². The van der Waals surface area contributed by atoms with Crippen LogP contribution in [0.2, 0.25) is 0 Å². The SMILES string of the molecule is CCNC(C)(CO)CCSc1ccoc1C. The molecule has 2 N–H and O–H groups in total. The van der Waals surface area contributed by atoms with E-state index < -0.39 is 0 Å². The van der Waals surface area contributed by atoms with Crippen molar-refractivity contribution in [2.24, 2.45) is 0 Å². The number of nitrogens with one attached hydrogen (secondary N) is 1. The fourth-order valence-electron chi connectivity index (χ4n) is 1.56. The molecule has 4 heteroatoms. The predicted molar refractivity (Wildman–Crippen MR) is 68.0 cm³/mol. The van der Waals surface area contributed by atoms with Gasteiger partial charge in [0.2, 0.25) is 0 Å². The Morgan fingerprint density at radius 1 is 1.56 bits per heavy atom. The number of furan rings is 1. The maximum atomic E-state index is 9.34. The highest BCUT2D eigenvalue weighted by Crippen LogP contribution is 2.25. The summed E-state index contributed by atoms with van der Waals surface area (Å²) in [4.78, 5) is 1.19. The molecular formula is C12H21NO2S. The van der Waals surface area contributed by atoms with Gasteiger partial charge in [0.1, 0.15) is 5.76 Å². The van der Waals surface area contributed by atoms with Crippen LogP contribution in [0, 0.1) is 6.92 Å². The zero-order valence-electron chi connectivity index (χ0n) is 10.2. The molecule has 3 nitrogen and oxygen atoms in total. The molecule has 0 saturated carbocycles. The average molecular weight is 243 g/mol. The summed E-state index contributed by atoms with van der Waals surface area (Å²) in [5.74, 6) is 1.95. The topological polar surface area (TPSA) is 45.4 Å². The lowest BCUT2D eigenvalue weighted by atomic mass is 10.0. The predicted octanol–water partition coefficient (Wildman–Crippen LogP) is 2.43. The number of aliphatic hydroxyl groups is 1. The van der Waals surface area contributed by atoms with Gasteiger partial charge >= 0.3 is 0 Å². The van der Waals surface area contributed by atoms with Crippen LogP contribution in [0.15, 0.2) is 21.6 Å². The number of aliphatic hydroxyl groups excluding tert-OH is 1. The van der Waals surface area contributed by atoms with Crippen molar-refractivity contribution in [3.05, 3.63) is 18.1 Å². The summed E-state index contributed by atoms with van der Waals surface area (Å²) in [6.07, 6.45) is 2.65. The van der Waals surface area contributed by atoms with Gasteiger partial charge in [-0.1, -0.05) is 6.92 Å². The van der Waals surface area contributed by atoms with E-state index in [-0.39, 0.29) is 12.1 Å². The highest BCUT2D eigenvalue weighted by Gasteiger charge is 2.21. The molecule has 0 saturated heterocycles. The van der Waals surface area contributed by atoms with E-state index >= 15 is 0 Å². The molecule has 92 valence electrons. The van der Waals surface area contributed by atoms with Crippen LogP contribution in [-0.4, -0.2) is 29.5 Å². The van der Waals surface area contributed by atoms with Crippen molar-refractivity contribution < 1.29 is 9.52 Å². The van der Waals surface area contributed by atoms with Crippen molar-refractivity contribution in [2.45, 2.75) is 37.6 Å². The summed E-state index contributed by atoms with van der Waals surface area (Å²) in [6.45, 7) is 7.14. The molecule has 1 aromatic rings. The molecule has 16 heavy (non-hydrogen) atoms. The van der Waals surface area contributed by atoms with Gasteiger partial charge in [-0.15, -0.1) is 11.8 Å². The Bertz CT molecular complexity index is 314. The van der Waals surface area contributed by atoms with Crippen LogP contribution in [0.1, 0.15) is 26.0 Å².